The summed E-state index contributed by atoms with van der Waals surface area (Å²) < 4.78 is 0. The summed E-state index contributed by atoms with van der Waals surface area (Å²) >= 11 is 0. The number of aliphatic hydroxyl groups is 2. The lowest BCUT2D eigenvalue weighted by Crippen LogP contribution is -2.47. The summed E-state index contributed by atoms with van der Waals surface area (Å²) in [6, 6.07) is 20.3. The molecule has 0 aliphatic carbocycles. The Morgan fingerprint density at radius 1 is 0.864 bits per heavy atom. The summed E-state index contributed by atoms with van der Waals surface area (Å²) in [5, 5.41) is 19.6. The van der Waals surface area contributed by atoms with Gasteiger partial charge in [-0.15, -0.1) is 9.24 Å². The molecule has 0 amide bonds. The molecule has 3 nitrogen and oxygen atoms in total. The highest BCUT2D eigenvalue weighted by Gasteiger charge is 2.34. The molecule has 22 heavy (non-hydrogen) atoms. The van der Waals surface area contributed by atoms with Crippen LogP contribution in [0.15, 0.2) is 60.7 Å². The predicted octanol–water partition coefficient (Wildman–Crippen LogP) is 2.78. The van der Waals surface area contributed by atoms with Gasteiger partial charge in [-0.2, -0.15) is 0 Å². The fraction of sp³-hybridized carbons (Fsp3) is 0.333. The number of nitrogens with zero attached hydrogens (tertiary/aromatic N) is 1. The molecule has 0 aromatic heterocycles. The molecular formula is C18H24NO2P. The minimum absolute atomic E-state index is 0.406. The predicted molar refractivity (Wildman–Crippen MR) is 93.4 cm³/mol. The average molecular weight is 317 g/mol. The number of benzene rings is 2. The zero-order chi connectivity index (χ0) is 16.2. The quantitative estimate of drug-likeness (QED) is 0.636. The minimum atomic E-state index is -0.729. The molecule has 0 bridgehead atoms. The highest BCUT2D eigenvalue weighted by atomic mass is 31.0. The third-order valence-electron chi connectivity index (χ3n) is 3.97. The highest BCUT2D eigenvalue weighted by Crippen LogP contribution is 2.40. The Hall–Kier alpha value is -1.25. The van der Waals surface area contributed by atoms with Gasteiger partial charge >= 0.3 is 0 Å². The first kappa shape index (κ1) is 17.1. The van der Waals surface area contributed by atoms with Gasteiger partial charge in [-0.25, -0.2) is 0 Å². The highest BCUT2D eigenvalue weighted by molar-refractivity contribution is 7.19. The molecule has 2 rings (SSSR count). The van der Waals surface area contributed by atoms with E-state index in [1.54, 1.807) is 18.7 Å². The van der Waals surface area contributed by atoms with Crippen LogP contribution in [0.25, 0.3) is 0 Å². The van der Waals surface area contributed by atoms with Crippen molar-refractivity contribution in [2.24, 2.45) is 0 Å². The SMILES string of the molecule is CC(O)N(CC(P)(c1ccccc1)c1ccccc1)C(C)O. The van der Waals surface area contributed by atoms with Gasteiger partial charge in [0.15, 0.2) is 0 Å². The molecule has 0 fully saturated rings. The van der Waals surface area contributed by atoms with E-state index in [4.69, 9.17) is 0 Å². The summed E-state index contributed by atoms with van der Waals surface area (Å²) in [6.07, 6.45) is -1.46. The maximum Gasteiger partial charge on any atom is 0.106 e. The Bertz CT molecular complexity index is 525. The zero-order valence-corrected chi connectivity index (χ0v) is 14.2. The second-order valence-corrected chi connectivity index (χ2v) is 6.63. The van der Waals surface area contributed by atoms with Gasteiger partial charge in [0.05, 0.1) is 0 Å². The lowest BCUT2D eigenvalue weighted by molar-refractivity contribution is -0.0871. The van der Waals surface area contributed by atoms with Crippen molar-refractivity contribution in [3.63, 3.8) is 0 Å². The first-order valence-electron chi connectivity index (χ1n) is 7.47. The second kappa shape index (κ2) is 7.34. The van der Waals surface area contributed by atoms with Gasteiger partial charge in [0.2, 0.25) is 0 Å². The van der Waals surface area contributed by atoms with Crippen LogP contribution >= 0.6 is 9.24 Å². The molecule has 0 saturated carbocycles. The molecule has 2 aromatic carbocycles. The first-order chi connectivity index (χ1) is 10.4. The molecule has 3 unspecified atom stereocenters. The van der Waals surface area contributed by atoms with Crippen LogP contribution in [0.5, 0.6) is 0 Å². The fourth-order valence-electron chi connectivity index (χ4n) is 2.68. The van der Waals surface area contributed by atoms with E-state index in [-0.39, 0.29) is 0 Å². The summed E-state index contributed by atoms with van der Waals surface area (Å²) in [7, 11) is 2.92. The maximum atomic E-state index is 10.00. The topological polar surface area (TPSA) is 43.7 Å². The number of hydrogen-bond donors (Lipinski definition) is 2. The fourth-order valence-corrected chi connectivity index (χ4v) is 3.28. The van der Waals surface area contributed by atoms with E-state index >= 15 is 0 Å². The van der Waals surface area contributed by atoms with Gasteiger partial charge < -0.3 is 10.2 Å². The lowest BCUT2D eigenvalue weighted by Gasteiger charge is -2.39. The van der Waals surface area contributed by atoms with Crippen LogP contribution in [0.1, 0.15) is 25.0 Å². The van der Waals surface area contributed by atoms with Crippen molar-refractivity contribution in [2.75, 3.05) is 6.54 Å². The first-order valence-corrected chi connectivity index (χ1v) is 8.04. The van der Waals surface area contributed by atoms with E-state index in [1.165, 1.54) is 0 Å². The van der Waals surface area contributed by atoms with E-state index in [0.717, 1.165) is 11.1 Å². The van der Waals surface area contributed by atoms with Crippen molar-refractivity contribution < 1.29 is 10.2 Å². The Morgan fingerprint density at radius 3 is 1.55 bits per heavy atom. The van der Waals surface area contributed by atoms with Crippen molar-refractivity contribution in [3.05, 3.63) is 71.8 Å². The minimum Gasteiger partial charge on any atom is -0.379 e. The number of aliphatic hydroxyl groups excluding tert-OH is 2. The zero-order valence-electron chi connectivity index (χ0n) is 13.1. The summed E-state index contributed by atoms with van der Waals surface area (Å²) in [5.41, 5.74) is 2.25. The molecule has 4 heteroatoms. The van der Waals surface area contributed by atoms with Crippen LogP contribution in [0.3, 0.4) is 0 Å². The van der Waals surface area contributed by atoms with Crippen LogP contribution < -0.4 is 0 Å². The molecule has 0 saturated heterocycles. The largest absolute Gasteiger partial charge is 0.379 e. The van der Waals surface area contributed by atoms with Gasteiger partial charge in [0, 0.05) is 11.7 Å². The molecule has 0 heterocycles. The Balaban J connectivity index is 2.47. The van der Waals surface area contributed by atoms with E-state index in [9.17, 15) is 10.2 Å². The summed E-state index contributed by atoms with van der Waals surface area (Å²) in [5.74, 6) is 0. The monoisotopic (exact) mass is 317 g/mol. The van der Waals surface area contributed by atoms with Gasteiger partial charge in [0.25, 0.3) is 0 Å². The van der Waals surface area contributed by atoms with Gasteiger partial charge in [-0.05, 0) is 25.0 Å². The van der Waals surface area contributed by atoms with Crippen LogP contribution in [0, 0.1) is 0 Å². The van der Waals surface area contributed by atoms with Crippen LogP contribution in [0.4, 0.5) is 0 Å². The third-order valence-corrected chi connectivity index (χ3v) is 4.82. The Kier molecular flexibility index (Phi) is 5.71. The Morgan fingerprint density at radius 2 is 1.23 bits per heavy atom. The Labute approximate surface area is 134 Å². The van der Waals surface area contributed by atoms with Crippen molar-refractivity contribution in [3.8, 4) is 0 Å². The number of hydrogen-bond acceptors (Lipinski definition) is 3. The van der Waals surface area contributed by atoms with Crippen molar-refractivity contribution in [1.82, 2.24) is 4.90 Å². The molecule has 118 valence electrons. The van der Waals surface area contributed by atoms with Crippen LogP contribution in [-0.2, 0) is 5.16 Å². The third kappa shape index (κ3) is 3.74. The molecule has 0 spiro atoms. The molecular weight excluding hydrogens is 293 g/mol. The number of rotatable bonds is 6. The standard InChI is InChI=1S/C18H24NO2P/c1-14(20)19(15(2)21)13-18(22,16-9-5-3-6-10-16)17-11-7-4-8-12-17/h3-12,14-15,20-21H,13,22H2,1-2H3. The van der Waals surface area contributed by atoms with E-state index in [2.05, 4.69) is 33.5 Å². The van der Waals surface area contributed by atoms with Crippen LogP contribution in [0.2, 0.25) is 0 Å². The maximum absolute atomic E-state index is 10.00. The second-order valence-electron chi connectivity index (χ2n) is 5.64. The summed E-state index contributed by atoms with van der Waals surface area (Å²) in [6.45, 7) is 3.84. The smallest absolute Gasteiger partial charge is 0.106 e. The molecule has 2 N–H and O–H groups in total. The van der Waals surface area contributed by atoms with E-state index < -0.39 is 17.6 Å². The molecule has 0 aliphatic rings. The molecule has 0 radical (unpaired) electrons. The van der Waals surface area contributed by atoms with Crippen molar-refractivity contribution in [2.45, 2.75) is 31.5 Å². The summed E-state index contributed by atoms with van der Waals surface area (Å²) in [4.78, 5) is 1.67. The normalized spacial score (nSPS) is 14.8. The van der Waals surface area contributed by atoms with Crippen LogP contribution in [-0.4, -0.2) is 34.1 Å². The molecule has 0 aliphatic heterocycles. The van der Waals surface area contributed by atoms with Gasteiger partial charge in [-0.1, -0.05) is 60.7 Å². The molecule has 3 atom stereocenters. The van der Waals surface area contributed by atoms with E-state index in [0.29, 0.717) is 6.54 Å². The molecule has 2 aromatic rings. The average Bonchev–Trinajstić information content (AvgIpc) is 2.53. The van der Waals surface area contributed by atoms with Crippen molar-refractivity contribution >= 4 is 9.24 Å². The van der Waals surface area contributed by atoms with Gasteiger partial charge in [0.1, 0.15) is 12.5 Å². The van der Waals surface area contributed by atoms with Gasteiger partial charge in [-0.3, -0.25) is 4.90 Å². The van der Waals surface area contributed by atoms with Crippen molar-refractivity contribution in [1.29, 1.82) is 0 Å². The van der Waals surface area contributed by atoms with E-state index in [1.807, 2.05) is 36.4 Å². The lowest BCUT2D eigenvalue weighted by atomic mass is 9.89.